The largest absolute Gasteiger partial charge is 0.376 e. The molecule has 0 aliphatic carbocycles. The van der Waals surface area contributed by atoms with Crippen molar-refractivity contribution in [2.24, 2.45) is 0 Å². The van der Waals surface area contributed by atoms with Crippen molar-refractivity contribution in [2.45, 2.75) is 25.0 Å². The van der Waals surface area contributed by atoms with Crippen molar-refractivity contribution in [3.63, 3.8) is 0 Å². The lowest BCUT2D eigenvalue weighted by atomic mass is 10.0. The van der Waals surface area contributed by atoms with Crippen LogP contribution in [0.15, 0.2) is 28.8 Å². The van der Waals surface area contributed by atoms with Crippen LogP contribution in [0.2, 0.25) is 0 Å². The van der Waals surface area contributed by atoms with E-state index in [1.54, 1.807) is 16.2 Å². The second kappa shape index (κ2) is 5.40. The molecule has 7 heteroatoms. The highest BCUT2D eigenvalue weighted by atomic mass is 32.1. The molecule has 0 spiro atoms. The minimum absolute atomic E-state index is 0.00333. The Morgan fingerprint density at radius 3 is 3.05 bits per heavy atom. The van der Waals surface area contributed by atoms with Crippen molar-refractivity contribution in [1.29, 1.82) is 0 Å². The van der Waals surface area contributed by atoms with Crippen molar-refractivity contribution in [2.75, 3.05) is 19.7 Å². The number of carbonyl (C=O) groups excluding carboxylic acids is 2. The predicted octanol–water partition coefficient (Wildman–Crippen LogP) is 1.38. The van der Waals surface area contributed by atoms with Gasteiger partial charge in [-0.1, -0.05) is 6.07 Å². The first-order chi connectivity index (χ1) is 10.7. The van der Waals surface area contributed by atoms with E-state index in [0.29, 0.717) is 18.7 Å². The third-order valence-corrected chi connectivity index (χ3v) is 5.23. The molecule has 0 saturated carbocycles. The molecule has 4 rings (SSSR count). The van der Waals surface area contributed by atoms with Crippen molar-refractivity contribution >= 4 is 23.3 Å². The molecule has 2 atom stereocenters. The second-order valence-corrected chi connectivity index (χ2v) is 6.74. The molecule has 0 bridgehead atoms. The normalized spacial score (nSPS) is 27.9. The van der Waals surface area contributed by atoms with Crippen LogP contribution in [-0.4, -0.2) is 42.6 Å². The molecule has 3 aliphatic rings. The van der Waals surface area contributed by atoms with Crippen molar-refractivity contribution < 1.29 is 14.3 Å². The van der Waals surface area contributed by atoms with E-state index in [4.69, 9.17) is 4.74 Å². The standard InChI is InChI=1S/C15H17N3O3S/c19-14-12-10(8-18(14)7-9-3-1-5-21-9)16-15(20)17-13(12)11-4-2-6-22-11/h2,4,6,9,13H,1,3,5,7-8H2,(H2,16,17,20)/t9-,13+/m1/s1. The van der Waals surface area contributed by atoms with Crippen molar-refractivity contribution in [3.8, 4) is 0 Å². The molecule has 1 fully saturated rings. The molecule has 0 radical (unpaired) electrons. The lowest BCUT2D eigenvalue weighted by Gasteiger charge is -2.24. The maximum Gasteiger partial charge on any atom is 0.319 e. The van der Waals surface area contributed by atoms with E-state index in [1.807, 2.05) is 17.5 Å². The quantitative estimate of drug-likeness (QED) is 0.884. The fourth-order valence-electron chi connectivity index (χ4n) is 3.28. The molecule has 3 amide bonds. The molecule has 116 valence electrons. The number of hydrogen-bond acceptors (Lipinski definition) is 4. The summed E-state index contributed by atoms with van der Waals surface area (Å²) < 4.78 is 5.62. The highest BCUT2D eigenvalue weighted by Gasteiger charge is 2.41. The molecule has 6 nitrogen and oxygen atoms in total. The van der Waals surface area contributed by atoms with Gasteiger partial charge in [0.2, 0.25) is 0 Å². The van der Waals surface area contributed by atoms with Gasteiger partial charge in [0.1, 0.15) is 0 Å². The fourth-order valence-corrected chi connectivity index (χ4v) is 4.06. The number of thiophene rings is 1. The monoisotopic (exact) mass is 319 g/mol. The Morgan fingerprint density at radius 1 is 1.41 bits per heavy atom. The van der Waals surface area contributed by atoms with E-state index in [9.17, 15) is 9.59 Å². The summed E-state index contributed by atoms with van der Waals surface area (Å²) in [5.74, 6) is -0.00333. The number of ether oxygens (including phenoxy) is 1. The molecule has 1 saturated heterocycles. The third kappa shape index (κ3) is 2.30. The summed E-state index contributed by atoms with van der Waals surface area (Å²) in [5, 5.41) is 7.60. The zero-order valence-corrected chi connectivity index (χ0v) is 12.8. The van der Waals surface area contributed by atoms with Gasteiger partial charge in [0.05, 0.1) is 30.0 Å². The minimum atomic E-state index is -0.342. The average Bonchev–Trinajstić information content (AvgIpc) is 3.22. The van der Waals surface area contributed by atoms with Crippen LogP contribution in [0.1, 0.15) is 23.8 Å². The van der Waals surface area contributed by atoms with E-state index in [0.717, 1.165) is 30.0 Å². The summed E-state index contributed by atoms with van der Waals surface area (Å²) in [6, 6.07) is 3.29. The van der Waals surface area contributed by atoms with Gasteiger partial charge in [-0.3, -0.25) is 4.79 Å². The Morgan fingerprint density at radius 2 is 2.32 bits per heavy atom. The van der Waals surface area contributed by atoms with Gasteiger partial charge in [0, 0.05) is 18.0 Å². The highest BCUT2D eigenvalue weighted by Crippen LogP contribution is 2.34. The summed E-state index contributed by atoms with van der Waals surface area (Å²) in [4.78, 5) is 27.4. The van der Waals surface area contributed by atoms with Crippen molar-refractivity contribution in [3.05, 3.63) is 33.7 Å². The third-order valence-electron chi connectivity index (χ3n) is 4.30. The number of carbonyl (C=O) groups is 2. The summed E-state index contributed by atoms with van der Waals surface area (Å²) in [5.41, 5.74) is 1.39. The zero-order chi connectivity index (χ0) is 15.1. The van der Waals surface area contributed by atoms with Gasteiger partial charge >= 0.3 is 6.03 Å². The predicted molar refractivity (Wildman–Crippen MR) is 81.3 cm³/mol. The van der Waals surface area contributed by atoms with Crippen LogP contribution in [0.4, 0.5) is 4.79 Å². The molecule has 1 aromatic rings. The van der Waals surface area contributed by atoms with Gasteiger partial charge in [-0.05, 0) is 24.3 Å². The SMILES string of the molecule is O=C1NC2=C(C(=O)N(C[C@H]3CCCO3)C2)[C@H](c2cccs2)N1. The summed E-state index contributed by atoms with van der Waals surface area (Å²) in [6.07, 6.45) is 2.16. The maximum atomic E-state index is 12.8. The van der Waals surface area contributed by atoms with E-state index in [1.165, 1.54) is 0 Å². The smallest absolute Gasteiger partial charge is 0.319 e. The van der Waals surface area contributed by atoms with Crippen LogP contribution in [0.5, 0.6) is 0 Å². The van der Waals surface area contributed by atoms with Crippen LogP contribution >= 0.6 is 11.3 Å². The van der Waals surface area contributed by atoms with Crippen molar-refractivity contribution in [1.82, 2.24) is 15.5 Å². The second-order valence-electron chi connectivity index (χ2n) is 5.76. The molecule has 1 aromatic heterocycles. The van der Waals surface area contributed by atoms with Gasteiger partial charge < -0.3 is 20.3 Å². The van der Waals surface area contributed by atoms with Gasteiger partial charge in [0.25, 0.3) is 5.91 Å². The van der Waals surface area contributed by atoms with E-state index >= 15 is 0 Å². The Labute approximate surface area is 132 Å². The van der Waals surface area contributed by atoms with E-state index in [2.05, 4.69) is 10.6 Å². The van der Waals surface area contributed by atoms with Crippen LogP contribution in [0, 0.1) is 0 Å². The van der Waals surface area contributed by atoms with Crippen LogP contribution in [0.3, 0.4) is 0 Å². The first-order valence-corrected chi connectivity index (χ1v) is 8.35. The van der Waals surface area contributed by atoms with Crippen LogP contribution in [-0.2, 0) is 9.53 Å². The topological polar surface area (TPSA) is 70.7 Å². The van der Waals surface area contributed by atoms with Gasteiger partial charge in [-0.2, -0.15) is 0 Å². The molecule has 22 heavy (non-hydrogen) atoms. The summed E-state index contributed by atoms with van der Waals surface area (Å²) >= 11 is 1.54. The molecule has 0 aromatic carbocycles. The maximum absolute atomic E-state index is 12.8. The number of nitrogens with zero attached hydrogens (tertiary/aromatic N) is 1. The first-order valence-electron chi connectivity index (χ1n) is 7.47. The first kappa shape index (κ1) is 13.8. The van der Waals surface area contributed by atoms with Crippen LogP contribution < -0.4 is 10.6 Å². The average molecular weight is 319 g/mol. The number of urea groups is 1. The Balaban J connectivity index is 1.58. The number of rotatable bonds is 3. The Kier molecular flexibility index (Phi) is 3.38. The lowest BCUT2D eigenvalue weighted by Crippen LogP contribution is -2.44. The molecule has 3 aliphatic heterocycles. The fraction of sp³-hybridized carbons (Fsp3) is 0.467. The number of amides is 3. The minimum Gasteiger partial charge on any atom is -0.376 e. The van der Waals surface area contributed by atoms with E-state index < -0.39 is 0 Å². The molecule has 0 unspecified atom stereocenters. The zero-order valence-electron chi connectivity index (χ0n) is 12.0. The summed E-state index contributed by atoms with van der Waals surface area (Å²) in [7, 11) is 0. The molecule has 2 N–H and O–H groups in total. The molecular formula is C15H17N3O3S. The van der Waals surface area contributed by atoms with Gasteiger partial charge in [0.15, 0.2) is 0 Å². The highest BCUT2D eigenvalue weighted by molar-refractivity contribution is 7.10. The Bertz CT molecular complexity index is 634. The van der Waals surface area contributed by atoms with Gasteiger partial charge in [-0.15, -0.1) is 11.3 Å². The summed E-state index contributed by atoms with van der Waals surface area (Å²) in [6.45, 7) is 1.83. The molecule has 4 heterocycles. The van der Waals surface area contributed by atoms with E-state index in [-0.39, 0.29) is 24.1 Å². The number of hydrogen-bond donors (Lipinski definition) is 2. The lowest BCUT2D eigenvalue weighted by molar-refractivity contribution is -0.127. The molecular weight excluding hydrogens is 302 g/mol. The van der Waals surface area contributed by atoms with Crippen LogP contribution in [0.25, 0.3) is 0 Å². The number of nitrogens with one attached hydrogen (secondary N) is 2. The van der Waals surface area contributed by atoms with Gasteiger partial charge in [-0.25, -0.2) is 4.79 Å². The Hall–Kier alpha value is -1.86.